The van der Waals surface area contributed by atoms with E-state index in [-0.39, 0.29) is 6.10 Å². The first kappa shape index (κ1) is 18.8. The largest absolute Gasteiger partial charge is 0.370 e. The number of thiazole rings is 1. The number of aromatic nitrogens is 3. The smallest absolute Gasteiger partial charge is 0.193 e. The molecule has 7 nitrogen and oxygen atoms in total. The van der Waals surface area contributed by atoms with Crippen LogP contribution in [0, 0.1) is 6.92 Å². The molecule has 0 spiro atoms. The Labute approximate surface area is 159 Å². The van der Waals surface area contributed by atoms with Crippen molar-refractivity contribution in [2.24, 2.45) is 12.0 Å². The van der Waals surface area contributed by atoms with Gasteiger partial charge in [-0.2, -0.15) is 5.10 Å². The van der Waals surface area contributed by atoms with Crippen LogP contribution in [0.15, 0.2) is 22.8 Å². The van der Waals surface area contributed by atoms with E-state index in [9.17, 15) is 0 Å². The van der Waals surface area contributed by atoms with Crippen LogP contribution in [-0.2, 0) is 18.2 Å². The Morgan fingerprint density at radius 3 is 3.04 bits per heavy atom. The minimum absolute atomic E-state index is 0.0455. The molecule has 8 heteroatoms. The molecule has 0 radical (unpaired) electrons. The topological polar surface area (TPSA) is 67.6 Å². The van der Waals surface area contributed by atoms with Crippen molar-refractivity contribution < 1.29 is 4.74 Å². The molecule has 3 rings (SSSR count). The molecule has 1 aliphatic rings. The van der Waals surface area contributed by atoms with E-state index in [0.717, 1.165) is 56.1 Å². The fraction of sp³-hybridized carbons (Fsp3) is 0.611. The van der Waals surface area contributed by atoms with E-state index in [1.165, 1.54) is 5.01 Å². The molecule has 1 N–H and O–H groups in total. The van der Waals surface area contributed by atoms with E-state index >= 15 is 0 Å². The van der Waals surface area contributed by atoms with E-state index in [4.69, 9.17) is 4.74 Å². The SMILES string of the molecule is CN=C(NCCCCc1nc(C)cs1)N1CCOC(c2cnn(C)c2)C1. The van der Waals surface area contributed by atoms with Gasteiger partial charge in [-0.15, -0.1) is 11.3 Å². The average molecular weight is 377 g/mol. The van der Waals surface area contributed by atoms with E-state index in [0.29, 0.717) is 6.61 Å². The number of ether oxygens (including phenoxy) is 1. The molecular weight excluding hydrogens is 348 g/mol. The maximum atomic E-state index is 5.91. The molecule has 26 heavy (non-hydrogen) atoms. The molecule has 2 aromatic heterocycles. The molecule has 0 bridgehead atoms. The highest BCUT2D eigenvalue weighted by Gasteiger charge is 2.24. The summed E-state index contributed by atoms with van der Waals surface area (Å²) >= 11 is 1.76. The van der Waals surface area contributed by atoms with Gasteiger partial charge in [0.1, 0.15) is 6.10 Å². The molecule has 142 valence electrons. The second kappa shape index (κ2) is 9.14. The lowest BCUT2D eigenvalue weighted by Crippen LogP contribution is -2.48. The molecule has 1 saturated heterocycles. The number of rotatable bonds is 6. The maximum absolute atomic E-state index is 5.91. The van der Waals surface area contributed by atoms with Crippen LogP contribution in [0.3, 0.4) is 0 Å². The van der Waals surface area contributed by atoms with Gasteiger partial charge in [0.2, 0.25) is 0 Å². The van der Waals surface area contributed by atoms with Crippen LogP contribution in [0.4, 0.5) is 0 Å². The van der Waals surface area contributed by atoms with E-state index < -0.39 is 0 Å². The van der Waals surface area contributed by atoms with Gasteiger partial charge in [-0.05, 0) is 26.2 Å². The Morgan fingerprint density at radius 2 is 2.35 bits per heavy atom. The highest BCUT2D eigenvalue weighted by atomic mass is 32.1. The average Bonchev–Trinajstić information content (AvgIpc) is 3.26. The van der Waals surface area contributed by atoms with E-state index in [2.05, 4.69) is 30.7 Å². The van der Waals surface area contributed by atoms with Crippen LogP contribution in [0.1, 0.15) is 35.2 Å². The fourth-order valence-electron chi connectivity index (χ4n) is 3.10. The number of hydrogen-bond acceptors (Lipinski definition) is 5. The first-order valence-corrected chi connectivity index (χ1v) is 10.0. The predicted molar refractivity (Wildman–Crippen MR) is 105 cm³/mol. The quantitative estimate of drug-likeness (QED) is 0.475. The lowest BCUT2D eigenvalue weighted by atomic mass is 10.1. The molecule has 1 unspecified atom stereocenters. The second-order valence-electron chi connectivity index (χ2n) is 6.57. The van der Waals surface area contributed by atoms with Crippen LogP contribution >= 0.6 is 11.3 Å². The van der Waals surface area contributed by atoms with Gasteiger partial charge in [0.15, 0.2) is 5.96 Å². The third-order valence-corrected chi connectivity index (χ3v) is 5.47. The Bertz CT molecular complexity index is 725. The normalized spacial score (nSPS) is 18.3. The fourth-order valence-corrected chi connectivity index (χ4v) is 3.92. The number of guanidine groups is 1. The molecule has 1 aliphatic heterocycles. The number of aryl methyl sites for hydroxylation is 3. The van der Waals surface area contributed by atoms with Crippen LogP contribution in [0.25, 0.3) is 0 Å². The number of nitrogens with zero attached hydrogens (tertiary/aromatic N) is 5. The standard InChI is InChI=1S/C18H28N6OS/c1-14-13-26-17(22-14)6-4-5-7-20-18(19-2)24-8-9-25-16(12-24)15-10-21-23(3)11-15/h10-11,13,16H,4-9,12H2,1-3H3,(H,19,20). The summed E-state index contributed by atoms with van der Waals surface area (Å²) in [7, 11) is 3.77. The van der Waals surface area contributed by atoms with Crippen molar-refractivity contribution in [1.29, 1.82) is 0 Å². The van der Waals surface area contributed by atoms with Crippen LogP contribution in [0.2, 0.25) is 0 Å². The minimum atomic E-state index is 0.0455. The van der Waals surface area contributed by atoms with Crippen molar-refractivity contribution in [3.63, 3.8) is 0 Å². The Morgan fingerprint density at radius 1 is 1.46 bits per heavy atom. The summed E-state index contributed by atoms with van der Waals surface area (Å²) in [5, 5.41) is 11.1. The highest BCUT2D eigenvalue weighted by Crippen LogP contribution is 2.21. The molecule has 0 aliphatic carbocycles. The third kappa shape index (κ3) is 5.04. The number of unbranched alkanes of at least 4 members (excludes halogenated alkanes) is 1. The lowest BCUT2D eigenvalue weighted by molar-refractivity contribution is -0.00802. The van der Waals surface area contributed by atoms with Gasteiger partial charge in [0.25, 0.3) is 0 Å². The zero-order chi connectivity index (χ0) is 18.4. The first-order valence-electron chi connectivity index (χ1n) is 9.12. The molecule has 0 saturated carbocycles. The zero-order valence-corrected chi connectivity index (χ0v) is 16.6. The second-order valence-corrected chi connectivity index (χ2v) is 7.51. The molecule has 1 fully saturated rings. The zero-order valence-electron chi connectivity index (χ0n) is 15.8. The van der Waals surface area contributed by atoms with Crippen molar-refractivity contribution in [2.75, 3.05) is 33.3 Å². The van der Waals surface area contributed by atoms with E-state index in [1.54, 1.807) is 11.3 Å². The first-order chi connectivity index (χ1) is 12.7. The molecule has 0 aromatic carbocycles. The number of nitrogens with one attached hydrogen (secondary N) is 1. The van der Waals surface area contributed by atoms with Crippen molar-refractivity contribution in [1.82, 2.24) is 25.0 Å². The van der Waals surface area contributed by atoms with Crippen molar-refractivity contribution >= 4 is 17.3 Å². The summed E-state index contributed by atoms with van der Waals surface area (Å²) in [6.45, 7) is 5.32. The van der Waals surface area contributed by atoms with Gasteiger partial charge < -0.3 is 15.0 Å². The molecule has 0 amide bonds. The maximum Gasteiger partial charge on any atom is 0.193 e. The van der Waals surface area contributed by atoms with Crippen LogP contribution < -0.4 is 5.32 Å². The Balaban J connectivity index is 1.43. The summed E-state index contributed by atoms with van der Waals surface area (Å²) in [6, 6.07) is 0. The monoisotopic (exact) mass is 376 g/mol. The van der Waals surface area contributed by atoms with Crippen LogP contribution in [0.5, 0.6) is 0 Å². The van der Waals surface area contributed by atoms with Crippen molar-refractivity contribution in [3.8, 4) is 0 Å². The summed E-state index contributed by atoms with van der Waals surface area (Å²) in [4.78, 5) is 11.2. The van der Waals surface area contributed by atoms with Gasteiger partial charge >= 0.3 is 0 Å². The van der Waals surface area contributed by atoms with Gasteiger partial charge in [-0.3, -0.25) is 9.67 Å². The summed E-state index contributed by atoms with van der Waals surface area (Å²) in [6.07, 6.45) is 7.24. The summed E-state index contributed by atoms with van der Waals surface area (Å²) in [5.41, 5.74) is 2.24. The van der Waals surface area contributed by atoms with Gasteiger partial charge in [-0.25, -0.2) is 4.98 Å². The summed E-state index contributed by atoms with van der Waals surface area (Å²) < 4.78 is 7.73. The Kier molecular flexibility index (Phi) is 6.62. The molecule has 2 aromatic rings. The van der Waals surface area contributed by atoms with Crippen molar-refractivity contribution in [2.45, 2.75) is 32.3 Å². The third-order valence-electron chi connectivity index (χ3n) is 4.44. The van der Waals surface area contributed by atoms with Gasteiger partial charge in [0, 0.05) is 50.0 Å². The number of hydrogen-bond donors (Lipinski definition) is 1. The predicted octanol–water partition coefficient (Wildman–Crippen LogP) is 2.16. The number of aliphatic imine (C=N–C) groups is 1. The lowest BCUT2D eigenvalue weighted by Gasteiger charge is -2.34. The minimum Gasteiger partial charge on any atom is -0.370 e. The van der Waals surface area contributed by atoms with Crippen molar-refractivity contribution in [3.05, 3.63) is 34.0 Å². The van der Waals surface area contributed by atoms with E-state index in [1.807, 2.05) is 38.1 Å². The summed E-state index contributed by atoms with van der Waals surface area (Å²) in [5.74, 6) is 0.951. The Hall–Kier alpha value is -1.93. The molecular formula is C18H28N6OS. The molecule has 1 atom stereocenters. The molecule has 3 heterocycles. The highest BCUT2D eigenvalue weighted by molar-refractivity contribution is 7.09. The van der Waals surface area contributed by atoms with Crippen LogP contribution in [-0.4, -0.2) is 58.9 Å². The van der Waals surface area contributed by atoms with Gasteiger partial charge in [-0.1, -0.05) is 0 Å². The number of morpholine rings is 1. The van der Waals surface area contributed by atoms with Gasteiger partial charge in [0.05, 0.1) is 24.4 Å².